The van der Waals surface area contributed by atoms with Crippen molar-refractivity contribution >= 4 is 5.78 Å². The first kappa shape index (κ1) is 11.9. The van der Waals surface area contributed by atoms with E-state index in [1.54, 1.807) is 12.4 Å². The number of hydrogen-bond acceptors (Lipinski definition) is 3. The summed E-state index contributed by atoms with van der Waals surface area (Å²) in [6.45, 7) is 5.66. The molecule has 15 heavy (non-hydrogen) atoms. The van der Waals surface area contributed by atoms with Gasteiger partial charge in [0.1, 0.15) is 0 Å². The highest BCUT2D eigenvalue weighted by atomic mass is 16.1. The Morgan fingerprint density at radius 1 is 1.53 bits per heavy atom. The largest absolute Gasteiger partial charge is 0.321 e. The van der Waals surface area contributed by atoms with Gasteiger partial charge in [0.2, 0.25) is 0 Å². The summed E-state index contributed by atoms with van der Waals surface area (Å²) in [7, 11) is 0. The normalized spacial score (nSPS) is 13.6. The standard InChI is InChI=1S/C12H18N2O/c1-12(2,3)11(15)10(13)7-9-5-4-6-14-8-9/h4-6,8,10H,7,13H2,1-3H3/t10-/m1/s1. The van der Waals surface area contributed by atoms with Crippen LogP contribution >= 0.6 is 0 Å². The molecule has 1 atom stereocenters. The van der Waals surface area contributed by atoms with Crippen molar-refractivity contribution in [3.05, 3.63) is 30.1 Å². The van der Waals surface area contributed by atoms with Crippen molar-refractivity contribution in [2.45, 2.75) is 33.2 Å². The molecule has 0 saturated heterocycles. The molecule has 0 saturated carbocycles. The van der Waals surface area contributed by atoms with Gasteiger partial charge in [-0.25, -0.2) is 0 Å². The zero-order valence-electron chi connectivity index (χ0n) is 9.53. The van der Waals surface area contributed by atoms with Crippen LogP contribution in [0.3, 0.4) is 0 Å². The SMILES string of the molecule is CC(C)(C)C(=O)[C@H](N)Cc1cccnc1. The molecule has 0 aliphatic heterocycles. The zero-order valence-corrected chi connectivity index (χ0v) is 9.53. The smallest absolute Gasteiger partial charge is 0.155 e. The van der Waals surface area contributed by atoms with Crippen molar-refractivity contribution in [1.29, 1.82) is 0 Å². The van der Waals surface area contributed by atoms with E-state index < -0.39 is 6.04 Å². The van der Waals surface area contributed by atoms with Crippen LogP contribution in [-0.2, 0) is 11.2 Å². The summed E-state index contributed by atoms with van der Waals surface area (Å²) in [6, 6.07) is 3.35. The zero-order chi connectivity index (χ0) is 11.5. The Morgan fingerprint density at radius 2 is 2.20 bits per heavy atom. The third kappa shape index (κ3) is 3.44. The van der Waals surface area contributed by atoms with E-state index >= 15 is 0 Å². The molecule has 0 bridgehead atoms. The lowest BCUT2D eigenvalue weighted by molar-refractivity contribution is -0.127. The molecule has 3 heteroatoms. The van der Waals surface area contributed by atoms with E-state index in [9.17, 15) is 4.79 Å². The molecule has 1 heterocycles. The van der Waals surface area contributed by atoms with Crippen LogP contribution in [0.5, 0.6) is 0 Å². The third-order valence-corrected chi connectivity index (χ3v) is 2.25. The minimum atomic E-state index is -0.436. The van der Waals surface area contributed by atoms with E-state index in [1.807, 2.05) is 32.9 Å². The Bertz CT molecular complexity index is 327. The molecule has 0 aromatic carbocycles. The number of Topliss-reactive ketones (excluding diaryl/α,β-unsaturated/α-hetero) is 1. The molecule has 0 amide bonds. The lowest BCUT2D eigenvalue weighted by Crippen LogP contribution is -2.40. The Labute approximate surface area is 90.7 Å². The van der Waals surface area contributed by atoms with Crippen LogP contribution in [0.1, 0.15) is 26.3 Å². The second-order valence-electron chi connectivity index (χ2n) is 4.79. The number of nitrogens with two attached hydrogens (primary N) is 1. The number of rotatable bonds is 3. The van der Waals surface area contributed by atoms with Crippen molar-refractivity contribution < 1.29 is 4.79 Å². The summed E-state index contributed by atoms with van der Waals surface area (Å²) < 4.78 is 0. The summed E-state index contributed by atoms with van der Waals surface area (Å²) in [5.41, 5.74) is 6.49. The second kappa shape index (κ2) is 4.53. The predicted molar refractivity (Wildman–Crippen MR) is 60.4 cm³/mol. The van der Waals surface area contributed by atoms with Gasteiger partial charge in [-0.2, -0.15) is 0 Å². The molecule has 1 aromatic rings. The minimum absolute atomic E-state index is 0.0892. The summed E-state index contributed by atoms with van der Waals surface area (Å²) >= 11 is 0. The van der Waals surface area contributed by atoms with Crippen LogP contribution in [0.4, 0.5) is 0 Å². The van der Waals surface area contributed by atoms with Crippen LogP contribution in [0, 0.1) is 5.41 Å². The molecular formula is C12H18N2O. The number of aromatic nitrogens is 1. The van der Waals surface area contributed by atoms with E-state index in [1.165, 1.54) is 0 Å². The average Bonchev–Trinajstić information content (AvgIpc) is 2.16. The maximum absolute atomic E-state index is 11.8. The number of hydrogen-bond donors (Lipinski definition) is 1. The van der Waals surface area contributed by atoms with Crippen LogP contribution < -0.4 is 5.73 Å². The molecule has 0 aliphatic rings. The lowest BCUT2D eigenvalue weighted by Gasteiger charge is -2.21. The third-order valence-electron chi connectivity index (χ3n) is 2.25. The fourth-order valence-corrected chi connectivity index (χ4v) is 1.42. The van der Waals surface area contributed by atoms with Crippen LogP contribution in [0.25, 0.3) is 0 Å². The Kier molecular flexibility index (Phi) is 3.58. The van der Waals surface area contributed by atoms with E-state index in [0.29, 0.717) is 6.42 Å². The number of pyridine rings is 1. The van der Waals surface area contributed by atoms with Crippen molar-refractivity contribution in [2.75, 3.05) is 0 Å². The molecular weight excluding hydrogens is 188 g/mol. The first-order valence-corrected chi connectivity index (χ1v) is 5.10. The highest BCUT2D eigenvalue weighted by molar-refractivity contribution is 5.88. The molecule has 2 N–H and O–H groups in total. The molecule has 0 spiro atoms. The van der Waals surface area contributed by atoms with E-state index in [2.05, 4.69) is 4.98 Å². The first-order valence-electron chi connectivity index (χ1n) is 5.10. The molecule has 0 aliphatic carbocycles. The number of carbonyl (C=O) groups excluding carboxylic acids is 1. The van der Waals surface area contributed by atoms with Gasteiger partial charge in [0, 0.05) is 17.8 Å². The monoisotopic (exact) mass is 206 g/mol. The topological polar surface area (TPSA) is 56.0 Å². The molecule has 3 nitrogen and oxygen atoms in total. The lowest BCUT2D eigenvalue weighted by atomic mass is 9.85. The second-order valence-corrected chi connectivity index (χ2v) is 4.79. The molecule has 1 aromatic heterocycles. The molecule has 0 fully saturated rings. The van der Waals surface area contributed by atoms with Gasteiger partial charge in [-0.3, -0.25) is 9.78 Å². The fourth-order valence-electron chi connectivity index (χ4n) is 1.42. The molecule has 1 rings (SSSR count). The minimum Gasteiger partial charge on any atom is -0.321 e. The summed E-state index contributed by atoms with van der Waals surface area (Å²) in [5, 5.41) is 0. The molecule has 0 unspecified atom stereocenters. The van der Waals surface area contributed by atoms with Gasteiger partial charge in [0.25, 0.3) is 0 Å². The summed E-state index contributed by atoms with van der Waals surface area (Å²) in [6.07, 6.45) is 4.01. The van der Waals surface area contributed by atoms with Gasteiger partial charge < -0.3 is 5.73 Å². The van der Waals surface area contributed by atoms with Crippen molar-refractivity contribution in [3.63, 3.8) is 0 Å². The Morgan fingerprint density at radius 3 is 2.67 bits per heavy atom. The van der Waals surface area contributed by atoms with Crippen molar-refractivity contribution in [1.82, 2.24) is 4.98 Å². The maximum Gasteiger partial charge on any atom is 0.155 e. The van der Waals surface area contributed by atoms with Crippen molar-refractivity contribution in [2.24, 2.45) is 11.1 Å². The highest BCUT2D eigenvalue weighted by Crippen LogP contribution is 2.17. The number of ketones is 1. The highest BCUT2D eigenvalue weighted by Gasteiger charge is 2.26. The predicted octanol–water partition coefficient (Wildman–Crippen LogP) is 1.57. The number of nitrogens with zero attached hydrogens (tertiary/aromatic N) is 1. The summed E-state index contributed by atoms with van der Waals surface area (Å²) in [5.74, 6) is 0.0892. The van der Waals surface area contributed by atoms with Gasteiger partial charge in [0.15, 0.2) is 5.78 Å². The Hall–Kier alpha value is -1.22. The fraction of sp³-hybridized carbons (Fsp3) is 0.500. The van der Waals surface area contributed by atoms with Gasteiger partial charge in [-0.15, -0.1) is 0 Å². The van der Waals surface area contributed by atoms with Gasteiger partial charge >= 0.3 is 0 Å². The van der Waals surface area contributed by atoms with Crippen molar-refractivity contribution in [3.8, 4) is 0 Å². The van der Waals surface area contributed by atoms with Gasteiger partial charge in [-0.05, 0) is 18.1 Å². The van der Waals surface area contributed by atoms with E-state index in [0.717, 1.165) is 5.56 Å². The first-order chi connectivity index (χ1) is 6.91. The van der Waals surface area contributed by atoms with E-state index in [-0.39, 0.29) is 11.2 Å². The maximum atomic E-state index is 11.8. The Balaban J connectivity index is 2.65. The molecule has 0 radical (unpaired) electrons. The molecule has 82 valence electrons. The number of carbonyl (C=O) groups is 1. The van der Waals surface area contributed by atoms with Crippen LogP contribution in [0.2, 0.25) is 0 Å². The van der Waals surface area contributed by atoms with Gasteiger partial charge in [0.05, 0.1) is 6.04 Å². The van der Waals surface area contributed by atoms with Crippen LogP contribution in [0.15, 0.2) is 24.5 Å². The summed E-state index contributed by atoms with van der Waals surface area (Å²) in [4.78, 5) is 15.8. The van der Waals surface area contributed by atoms with Gasteiger partial charge in [-0.1, -0.05) is 26.8 Å². The average molecular weight is 206 g/mol. The quantitative estimate of drug-likeness (QED) is 0.816. The van der Waals surface area contributed by atoms with E-state index in [4.69, 9.17) is 5.73 Å². The van der Waals surface area contributed by atoms with Crippen LogP contribution in [-0.4, -0.2) is 16.8 Å².